The third-order valence-electron chi connectivity index (χ3n) is 3.47. The molecule has 3 nitrogen and oxygen atoms in total. The molecule has 1 aliphatic carbocycles. The van der Waals surface area contributed by atoms with Gasteiger partial charge in [0.15, 0.2) is 0 Å². The minimum absolute atomic E-state index is 0.152. The molecular weight excluding hydrogens is 257 g/mol. The predicted molar refractivity (Wildman–Crippen MR) is 74.2 cm³/mol. The van der Waals surface area contributed by atoms with Crippen molar-refractivity contribution in [1.82, 2.24) is 0 Å². The molecule has 1 N–H and O–H groups in total. The van der Waals surface area contributed by atoms with Crippen LogP contribution in [0.25, 0.3) is 0 Å². The summed E-state index contributed by atoms with van der Waals surface area (Å²) >= 11 is 0. The number of fused-ring (bicyclic) bond motifs is 1. The van der Waals surface area contributed by atoms with Crippen molar-refractivity contribution >= 4 is 6.21 Å². The molecule has 1 aromatic carbocycles. The fraction of sp³-hybridized carbons (Fsp3) is 0.188. The molecule has 0 radical (unpaired) electrons. The van der Waals surface area contributed by atoms with E-state index in [1.54, 1.807) is 12.1 Å². The Morgan fingerprint density at radius 3 is 2.80 bits per heavy atom. The van der Waals surface area contributed by atoms with E-state index in [2.05, 4.69) is 11.2 Å². The molecule has 1 aliphatic heterocycles. The van der Waals surface area contributed by atoms with Crippen LogP contribution in [-0.4, -0.2) is 18.0 Å². The van der Waals surface area contributed by atoms with Gasteiger partial charge in [-0.15, -0.1) is 0 Å². The summed E-state index contributed by atoms with van der Waals surface area (Å²) in [7, 11) is 0. The van der Waals surface area contributed by atoms with Crippen LogP contribution in [0, 0.1) is 5.82 Å². The maximum atomic E-state index is 13.0. The van der Waals surface area contributed by atoms with Crippen LogP contribution >= 0.6 is 0 Å². The highest BCUT2D eigenvalue weighted by Crippen LogP contribution is 2.39. The van der Waals surface area contributed by atoms with Gasteiger partial charge in [0, 0.05) is 0 Å². The van der Waals surface area contributed by atoms with Gasteiger partial charge in [0.25, 0.3) is 0 Å². The van der Waals surface area contributed by atoms with Gasteiger partial charge >= 0.3 is 0 Å². The molecule has 102 valence electrons. The molecule has 20 heavy (non-hydrogen) atoms. The number of halogens is 1. The van der Waals surface area contributed by atoms with Crippen LogP contribution in [0.5, 0.6) is 0 Å². The monoisotopic (exact) mass is 271 g/mol. The number of hydrogen-bond donors (Lipinski definition) is 1. The first-order chi connectivity index (χ1) is 9.78. The molecule has 1 fully saturated rings. The Bertz CT molecular complexity index is 626. The van der Waals surface area contributed by atoms with Crippen molar-refractivity contribution in [2.45, 2.75) is 12.5 Å². The highest BCUT2D eigenvalue weighted by molar-refractivity contribution is 5.83. The Hall–Kier alpha value is -2.20. The van der Waals surface area contributed by atoms with Gasteiger partial charge in [-0.2, -0.15) is 0 Å². The number of allylic oxidation sites excluding steroid dienone is 4. The Morgan fingerprint density at radius 1 is 1.25 bits per heavy atom. The van der Waals surface area contributed by atoms with E-state index >= 15 is 0 Å². The van der Waals surface area contributed by atoms with E-state index in [1.807, 2.05) is 12.2 Å². The molecule has 4 heteroatoms. The van der Waals surface area contributed by atoms with Crippen LogP contribution < -0.4 is 0 Å². The largest absolute Gasteiger partial charge is 0.411 e. The summed E-state index contributed by atoms with van der Waals surface area (Å²) in [5, 5.41) is 11.7. The molecule has 0 saturated carbocycles. The lowest BCUT2D eigenvalue weighted by atomic mass is 9.97. The smallest absolute Gasteiger partial charge is 0.123 e. The molecule has 3 rings (SSSR count). The molecule has 1 atom stereocenters. The van der Waals surface area contributed by atoms with Gasteiger partial charge in [-0.1, -0.05) is 29.4 Å². The third kappa shape index (κ3) is 2.42. The maximum Gasteiger partial charge on any atom is 0.123 e. The van der Waals surface area contributed by atoms with Crippen LogP contribution in [0.3, 0.4) is 0 Å². The standard InChI is InChI=1S/C16H14FNO2/c17-14-6-4-12(5-7-14)16-15-3-1-2-11(9-18-19)8-13(15)10-20-16/h2-9,16,19H,1,10H2/b18-9+. The molecule has 1 aromatic rings. The van der Waals surface area contributed by atoms with Crippen molar-refractivity contribution in [2.24, 2.45) is 5.16 Å². The van der Waals surface area contributed by atoms with Gasteiger partial charge in [0.2, 0.25) is 0 Å². The van der Waals surface area contributed by atoms with E-state index in [4.69, 9.17) is 9.94 Å². The average Bonchev–Trinajstić information content (AvgIpc) is 2.73. The first kappa shape index (κ1) is 12.8. The average molecular weight is 271 g/mol. The van der Waals surface area contributed by atoms with Crippen molar-refractivity contribution in [2.75, 3.05) is 6.61 Å². The van der Waals surface area contributed by atoms with Crippen molar-refractivity contribution in [3.8, 4) is 0 Å². The van der Waals surface area contributed by atoms with E-state index in [-0.39, 0.29) is 11.9 Å². The lowest BCUT2D eigenvalue weighted by Gasteiger charge is -2.11. The number of oxime groups is 1. The van der Waals surface area contributed by atoms with Crippen LogP contribution in [-0.2, 0) is 4.74 Å². The first-order valence-electron chi connectivity index (χ1n) is 6.43. The molecule has 2 aliphatic rings. The van der Waals surface area contributed by atoms with Crippen molar-refractivity contribution in [1.29, 1.82) is 0 Å². The van der Waals surface area contributed by atoms with Gasteiger partial charge in [0.1, 0.15) is 11.9 Å². The quantitative estimate of drug-likeness (QED) is 0.508. The molecule has 0 aromatic heterocycles. The molecule has 1 saturated heterocycles. The molecule has 0 spiro atoms. The number of nitrogens with zero attached hydrogens (tertiary/aromatic N) is 1. The molecule has 0 bridgehead atoms. The molecule has 1 heterocycles. The minimum atomic E-state index is -0.250. The second kappa shape index (κ2) is 5.43. The zero-order chi connectivity index (χ0) is 13.9. The third-order valence-corrected chi connectivity index (χ3v) is 3.47. The summed E-state index contributed by atoms with van der Waals surface area (Å²) in [5.74, 6) is -0.250. The summed E-state index contributed by atoms with van der Waals surface area (Å²) < 4.78 is 18.8. The van der Waals surface area contributed by atoms with Gasteiger partial charge in [-0.3, -0.25) is 0 Å². The Balaban J connectivity index is 1.91. The minimum Gasteiger partial charge on any atom is -0.411 e. The van der Waals surface area contributed by atoms with Gasteiger partial charge in [-0.25, -0.2) is 4.39 Å². The number of hydrogen-bond acceptors (Lipinski definition) is 3. The normalized spacial score (nSPS) is 22.1. The number of benzene rings is 1. The van der Waals surface area contributed by atoms with Gasteiger partial charge in [-0.05, 0) is 46.9 Å². The molecule has 1 unspecified atom stereocenters. The summed E-state index contributed by atoms with van der Waals surface area (Å²) in [6.45, 7) is 0.504. The van der Waals surface area contributed by atoms with Crippen molar-refractivity contribution in [3.63, 3.8) is 0 Å². The zero-order valence-corrected chi connectivity index (χ0v) is 10.8. The predicted octanol–water partition coefficient (Wildman–Crippen LogP) is 3.54. The second-order valence-corrected chi connectivity index (χ2v) is 4.76. The highest BCUT2D eigenvalue weighted by Gasteiger charge is 2.28. The van der Waals surface area contributed by atoms with Crippen LogP contribution in [0.15, 0.2) is 64.4 Å². The summed E-state index contributed by atoms with van der Waals surface area (Å²) in [5.41, 5.74) is 3.98. The van der Waals surface area contributed by atoms with E-state index in [9.17, 15) is 4.39 Å². The Labute approximate surface area is 116 Å². The highest BCUT2D eigenvalue weighted by atomic mass is 19.1. The Morgan fingerprint density at radius 2 is 2.05 bits per heavy atom. The van der Waals surface area contributed by atoms with Crippen LogP contribution in [0.2, 0.25) is 0 Å². The first-order valence-corrected chi connectivity index (χ1v) is 6.43. The second-order valence-electron chi connectivity index (χ2n) is 4.76. The fourth-order valence-corrected chi connectivity index (χ4v) is 2.53. The molecular formula is C16H14FNO2. The lowest BCUT2D eigenvalue weighted by molar-refractivity contribution is 0.131. The van der Waals surface area contributed by atoms with Crippen LogP contribution in [0.4, 0.5) is 4.39 Å². The SMILES string of the molecule is O/N=C/C1=CCC=C2C(=C1)COC2c1ccc(F)cc1. The van der Waals surface area contributed by atoms with E-state index in [0.29, 0.717) is 6.61 Å². The van der Waals surface area contributed by atoms with Crippen molar-refractivity contribution in [3.05, 3.63) is 70.6 Å². The summed E-state index contributed by atoms with van der Waals surface area (Å²) in [6, 6.07) is 6.38. The maximum absolute atomic E-state index is 13.0. The van der Waals surface area contributed by atoms with Crippen LogP contribution in [0.1, 0.15) is 18.1 Å². The zero-order valence-electron chi connectivity index (χ0n) is 10.8. The van der Waals surface area contributed by atoms with E-state index < -0.39 is 0 Å². The lowest BCUT2D eigenvalue weighted by Crippen LogP contribution is -1.98. The van der Waals surface area contributed by atoms with Gasteiger partial charge in [0.05, 0.1) is 12.8 Å². The van der Waals surface area contributed by atoms with Gasteiger partial charge < -0.3 is 9.94 Å². The fourth-order valence-electron chi connectivity index (χ4n) is 2.53. The summed E-state index contributed by atoms with van der Waals surface area (Å²) in [6.07, 6.45) is 8.06. The summed E-state index contributed by atoms with van der Waals surface area (Å²) in [4.78, 5) is 0. The molecule has 0 amide bonds. The van der Waals surface area contributed by atoms with Crippen molar-refractivity contribution < 1.29 is 14.3 Å². The Kier molecular flexibility index (Phi) is 3.48. The van der Waals surface area contributed by atoms with E-state index in [1.165, 1.54) is 18.3 Å². The number of rotatable bonds is 2. The van der Waals surface area contributed by atoms with E-state index in [0.717, 1.165) is 28.7 Å². The topological polar surface area (TPSA) is 41.8 Å². The number of ether oxygens (including phenoxy) is 1.